The van der Waals surface area contributed by atoms with E-state index in [1.807, 2.05) is 0 Å². The molecule has 13 heavy (non-hydrogen) atoms. The van der Waals surface area contributed by atoms with Crippen molar-refractivity contribution in [1.82, 2.24) is 0 Å². The average molecular weight is 181 g/mol. The second kappa shape index (κ2) is 4.47. The Balaban J connectivity index is 2.37. The van der Waals surface area contributed by atoms with Crippen LogP contribution in [0.1, 0.15) is 5.56 Å². The average Bonchev–Trinajstić information content (AvgIpc) is 2.08. The van der Waals surface area contributed by atoms with Gasteiger partial charge in [0, 0.05) is 5.69 Å². The maximum atomic E-state index is 10.1. The monoisotopic (exact) mass is 181 g/mol. The van der Waals surface area contributed by atoms with Crippen LogP contribution in [0.15, 0.2) is 24.3 Å². The molecule has 0 saturated heterocycles. The first kappa shape index (κ1) is 9.54. The second-order valence-electron chi connectivity index (χ2n) is 2.63. The first-order valence-corrected chi connectivity index (χ1v) is 3.82. The fourth-order valence-corrected chi connectivity index (χ4v) is 0.870. The van der Waals surface area contributed by atoms with Gasteiger partial charge in [0.25, 0.3) is 0 Å². The highest BCUT2D eigenvalue weighted by molar-refractivity contribution is 5.67. The molecular weight excluding hydrogens is 170 g/mol. The van der Waals surface area contributed by atoms with E-state index in [9.17, 15) is 4.79 Å². The van der Waals surface area contributed by atoms with E-state index in [1.54, 1.807) is 24.3 Å². The molecule has 0 bridgehead atoms. The Morgan fingerprint density at radius 1 is 1.38 bits per heavy atom. The number of aliphatic carboxylic acids is 1. The molecule has 0 spiro atoms. The van der Waals surface area contributed by atoms with Crippen LogP contribution in [-0.2, 0) is 16.1 Å². The van der Waals surface area contributed by atoms with Crippen molar-refractivity contribution in [3.05, 3.63) is 29.8 Å². The molecule has 4 nitrogen and oxygen atoms in total. The third-order valence-corrected chi connectivity index (χ3v) is 1.47. The Morgan fingerprint density at radius 3 is 2.54 bits per heavy atom. The minimum atomic E-state index is -0.963. The summed E-state index contributed by atoms with van der Waals surface area (Å²) in [5, 5.41) is 8.29. The number of ether oxygens (including phenoxy) is 1. The largest absolute Gasteiger partial charge is 0.480 e. The number of rotatable bonds is 4. The van der Waals surface area contributed by atoms with Crippen molar-refractivity contribution in [2.75, 3.05) is 12.3 Å². The summed E-state index contributed by atoms with van der Waals surface area (Å²) in [5.74, 6) is -0.963. The number of hydrogen-bond acceptors (Lipinski definition) is 3. The molecule has 0 heterocycles. The highest BCUT2D eigenvalue weighted by Gasteiger charge is 1.97. The maximum absolute atomic E-state index is 10.1. The summed E-state index contributed by atoms with van der Waals surface area (Å²) >= 11 is 0. The lowest BCUT2D eigenvalue weighted by molar-refractivity contribution is -0.142. The quantitative estimate of drug-likeness (QED) is 0.676. The van der Waals surface area contributed by atoms with Crippen molar-refractivity contribution in [3.63, 3.8) is 0 Å². The molecule has 0 atom stereocenters. The fraction of sp³-hybridized carbons (Fsp3) is 0.222. The fourth-order valence-electron chi connectivity index (χ4n) is 0.870. The molecule has 0 fully saturated rings. The molecule has 0 aliphatic heterocycles. The number of nitrogen functional groups attached to an aromatic ring is 1. The summed E-state index contributed by atoms with van der Waals surface area (Å²) in [6.07, 6.45) is 0. The number of nitrogens with two attached hydrogens (primary N) is 1. The van der Waals surface area contributed by atoms with E-state index in [4.69, 9.17) is 15.6 Å². The van der Waals surface area contributed by atoms with E-state index >= 15 is 0 Å². The number of carboxylic acid groups (broad SMARTS) is 1. The standard InChI is InChI=1S/C9H11NO3/c10-8-3-1-7(2-4-8)5-13-6-9(11)12/h1-4H,5-6,10H2,(H,11,12). The van der Waals surface area contributed by atoms with Gasteiger partial charge < -0.3 is 15.6 Å². The molecule has 0 amide bonds. The number of benzene rings is 1. The van der Waals surface area contributed by atoms with Crippen molar-refractivity contribution in [1.29, 1.82) is 0 Å². The summed E-state index contributed by atoms with van der Waals surface area (Å²) in [7, 11) is 0. The molecule has 0 aliphatic rings. The van der Waals surface area contributed by atoms with Crippen LogP contribution < -0.4 is 5.73 Å². The Morgan fingerprint density at radius 2 is 2.00 bits per heavy atom. The highest BCUT2D eigenvalue weighted by atomic mass is 16.5. The lowest BCUT2D eigenvalue weighted by atomic mass is 10.2. The van der Waals surface area contributed by atoms with E-state index in [-0.39, 0.29) is 6.61 Å². The van der Waals surface area contributed by atoms with E-state index in [0.717, 1.165) is 5.56 Å². The number of hydrogen-bond donors (Lipinski definition) is 2. The lowest BCUT2D eigenvalue weighted by Gasteiger charge is -2.01. The third-order valence-electron chi connectivity index (χ3n) is 1.47. The van der Waals surface area contributed by atoms with Crippen LogP contribution in [0.2, 0.25) is 0 Å². The molecule has 0 radical (unpaired) electrons. The topological polar surface area (TPSA) is 72.5 Å². The number of anilines is 1. The van der Waals surface area contributed by atoms with Crippen molar-refractivity contribution < 1.29 is 14.6 Å². The van der Waals surface area contributed by atoms with Crippen LogP contribution in [-0.4, -0.2) is 17.7 Å². The zero-order valence-electron chi connectivity index (χ0n) is 7.06. The van der Waals surface area contributed by atoms with E-state index in [2.05, 4.69) is 0 Å². The Bertz CT molecular complexity index is 281. The van der Waals surface area contributed by atoms with Gasteiger partial charge in [-0.05, 0) is 17.7 Å². The van der Waals surface area contributed by atoms with Gasteiger partial charge in [-0.15, -0.1) is 0 Å². The molecule has 70 valence electrons. The van der Waals surface area contributed by atoms with E-state index < -0.39 is 5.97 Å². The van der Waals surface area contributed by atoms with Crippen LogP contribution in [0.4, 0.5) is 5.69 Å². The van der Waals surface area contributed by atoms with Gasteiger partial charge in [-0.2, -0.15) is 0 Å². The second-order valence-corrected chi connectivity index (χ2v) is 2.63. The zero-order valence-corrected chi connectivity index (χ0v) is 7.06. The summed E-state index contributed by atoms with van der Waals surface area (Å²) < 4.78 is 4.88. The maximum Gasteiger partial charge on any atom is 0.329 e. The van der Waals surface area contributed by atoms with Crippen molar-refractivity contribution >= 4 is 11.7 Å². The van der Waals surface area contributed by atoms with E-state index in [0.29, 0.717) is 12.3 Å². The molecule has 1 aromatic rings. The van der Waals surface area contributed by atoms with Crippen molar-refractivity contribution in [3.8, 4) is 0 Å². The van der Waals surface area contributed by atoms with Crippen molar-refractivity contribution in [2.24, 2.45) is 0 Å². The minimum absolute atomic E-state index is 0.273. The molecule has 0 saturated carbocycles. The number of carbonyl (C=O) groups is 1. The van der Waals surface area contributed by atoms with Crippen molar-refractivity contribution in [2.45, 2.75) is 6.61 Å². The molecule has 0 aliphatic carbocycles. The van der Waals surface area contributed by atoms with E-state index in [1.165, 1.54) is 0 Å². The Labute approximate surface area is 75.9 Å². The highest BCUT2D eigenvalue weighted by Crippen LogP contribution is 2.06. The SMILES string of the molecule is Nc1ccc(COCC(=O)O)cc1. The van der Waals surface area contributed by atoms with Gasteiger partial charge in [0.1, 0.15) is 6.61 Å². The summed E-state index contributed by atoms with van der Waals surface area (Å²) in [5.41, 5.74) is 7.06. The molecule has 4 heteroatoms. The smallest absolute Gasteiger partial charge is 0.329 e. The molecule has 1 aromatic carbocycles. The van der Waals surface area contributed by atoms with Gasteiger partial charge in [-0.25, -0.2) is 4.79 Å². The minimum Gasteiger partial charge on any atom is -0.480 e. The van der Waals surface area contributed by atoms with Gasteiger partial charge in [0.05, 0.1) is 6.61 Å². The molecule has 0 aromatic heterocycles. The van der Waals surface area contributed by atoms with Gasteiger partial charge in [-0.1, -0.05) is 12.1 Å². The van der Waals surface area contributed by atoms with Gasteiger partial charge in [-0.3, -0.25) is 0 Å². The van der Waals surface area contributed by atoms with Gasteiger partial charge >= 0.3 is 5.97 Å². The summed E-state index contributed by atoms with van der Waals surface area (Å²) in [6, 6.07) is 7.10. The first-order valence-electron chi connectivity index (χ1n) is 3.82. The normalized spacial score (nSPS) is 9.85. The Kier molecular flexibility index (Phi) is 3.28. The van der Waals surface area contributed by atoms with Gasteiger partial charge in [0.2, 0.25) is 0 Å². The Hall–Kier alpha value is -1.55. The van der Waals surface area contributed by atoms with Crippen LogP contribution in [0, 0.1) is 0 Å². The van der Waals surface area contributed by atoms with Crippen LogP contribution in [0.5, 0.6) is 0 Å². The molecule has 0 unspecified atom stereocenters. The molecule has 1 rings (SSSR count). The lowest BCUT2D eigenvalue weighted by Crippen LogP contribution is -2.06. The first-order chi connectivity index (χ1) is 6.18. The summed E-state index contributed by atoms with van der Waals surface area (Å²) in [4.78, 5) is 10.1. The van der Waals surface area contributed by atoms with Gasteiger partial charge in [0.15, 0.2) is 0 Å². The number of carboxylic acids is 1. The predicted octanol–water partition coefficient (Wildman–Crippen LogP) is 0.870. The predicted molar refractivity (Wildman–Crippen MR) is 48.1 cm³/mol. The summed E-state index contributed by atoms with van der Waals surface area (Å²) in [6.45, 7) is 0.0248. The van der Waals surface area contributed by atoms with Crippen LogP contribution >= 0.6 is 0 Å². The zero-order chi connectivity index (χ0) is 9.68. The molecular formula is C9H11NO3. The van der Waals surface area contributed by atoms with Crippen LogP contribution in [0.25, 0.3) is 0 Å². The van der Waals surface area contributed by atoms with Crippen LogP contribution in [0.3, 0.4) is 0 Å². The molecule has 3 N–H and O–H groups in total. The third kappa shape index (κ3) is 3.57.